The summed E-state index contributed by atoms with van der Waals surface area (Å²) in [5.41, 5.74) is 4.37. The van der Waals surface area contributed by atoms with Crippen molar-refractivity contribution in [3.8, 4) is 0 Å². The normalized spacial score (nSPS) is 19.1. The van der Waals surface area contributed by atoms with Gasteiger partial charge >= 0.3 is 0 Å². The summed E-state index contributed by atoms with van der Waals surface area (Å²) in [6.07, 6.45) is 19.2. The molecule has 1 aliphatic rings. The van der Waals surface area contributed by atoms with Gasteiger partial charge in [-0.3, -0.25) is 4.79 Å². The van der Waals surface area contributed by atoms with Gasteiger partial charge in [0.1, 0.15) is 11.6 Å². The van der Waals surface area contributed by atoms with Crippen molar-refractivity contribution in [2.75, 3.05) is 5.32 Å². The first-order valence-corrected chi connectivity index (χ1v) is 11.7. The SMILES string of the molecule is CC(C=CC1=C(C)C(n2ccnc2)CCC1(C)C)=CC=CC(C)=CC(=O)Nc1cc(F)ccc1F. The Morgan fingerprint density at radius 2 is 1.97 bits per heavy atom. The monoisotopic (exact) mass is 477 g/mol. The van der Waals surface area contributed by atoms with E-state index in [1.165, 1.54) is 17.2 Å². The molecule has 184 valence electrons. The van der Waals surface area contributed by atoms with Crippen LogP contribution in [0.5, 0.6) is 0 Å². The van der Waals surface area contributed by atoms with Gasteiger partial charge in [-0.15, -0.1) is 0 Å². The third-order valence-electron chi connectivity index (χ3n) is 6.36. The number of nitrogens with zero attached hydrogens (tertiary/aromatic N) is 2. The second-order valence-corrected chi connectivity index (χ2v) is 9.65. The van der Waals surface area contributed by atoms with Crippen LogP contribution in [0.15, 0.2) is 95.7 Å². The number of benzene rings is 1. The number of carbonyl (C=O) groups excluding carboxylic acids is 1. The smallest absolute Gasteiger partial charge is 0.248 e. The van der Waals surface area contributed by atoms with Crippen LogP contribution in [-0.4, -0.2) is 15.5 Å². The molecule has 0 saturated carbocycles. The van der Waals surface area contributed by atoms with Gasteiger partial charge in [-0.2, -0.15) is 0 Å². The standard InChI is InChI=1S/C29H33F2N3O/c1-20(7-6-8-21(2)17-28(35)33-26-18-23(30)10-12-25(26)31)9-11-24-22(3)27(13-14-29(24,4)5)34-16-15-32-19-34/h6-12,15-19,27H,13-14H2,1-5H3,(H,33,35). The fourth-order valence-electron chi connectivity index (χ4n) is 4.38. The average Bonchev–Trinajstić information content (AvgIpc) is 3.30. The average molecular weight is 478 g/mol. The Morgan fingerprint density at radius 3 is 2.69 bits per heavy atom. The van der Waals surface area contributed by atoms with E-state index in [1.807, 2.05) is 37.8 Å². The van der Waals surface area contributed by atoms with Crippen molar-refractivity contribution in [1.82, 2.24) is 9.55 Å². The molecule has 3 rings (SSSR count). The largest absolute Gasteiger partial charge is 0.330 e. The van der Waals surface area contributed by atoms with E-state index in [9.17, 15) is 13.6 Å². The predicted octanol–water partition coefficient (Wildman–Crippen LogP) is 7.48. The molecule has 0 spiro atoms. The van der Waals surface area contributed by atoms with Crippen LogP contribution in [0.3, 0.4) is 0 Å². The summed E-state index contributed by atoms with van der Waals surface area (Å²) in [6.45, 7) is 10.6. The zero-order valence-electron chi connectivity index (χ0n) is 21.0. The Morgan fingerprint density at radius 1 is 1.20 bits per heavy atom. The number of imidazole rings is 1. The maximum Gasteiger partial charge on any atom is 0.248 e. The second kappa shape index (κ2) is 11.3. The third-order valence-corrected chi connectivity index (χ3v) is 6.36. The molecule has 1 unspecified atom stereocenters. The Bertz CT molecular complexity index is 1210. The molecule has 0 aliphatic heterocycles. The summed E-state index contributed by atoms with van der Waals surface area (Å²) in [4.78, 5) is 16.3. The lowest BCUT2D eigenvalue weighted by Gasteiger charge is -2.37. The van der Waals surface area contributed by atoms with E-state index in [1.54, 1.807) is 13.0 Å². The second-order valence-electron chi connectivity index (χ2n) is 9.65. The fraction of sp³-hybridized carbons (Fsp3) is 0.310. The summed E-state index contributed by atoms with van der Waals surface area (Å²) < 4.78 is 29.1. The molecule has 1 aliphatic carbocycles. The van der Waals surface area contributed by atoms with Crippen molar-refractivity contribution >= 4 is 11.6 Å². The number of halogens is 2. The number of carbonyl (C=O) groups is 1. The molecule has 1 amide bonds. The number of hydrogen-bond donors (Lipinski definition) is 1. The van der Waals surface area contributed by atoms with Crippen LogP contribution < -0.4 is 5.32 Å². The van der Waals surface area contributed by atoms with E-state index in [4.69, 9.17) is 0 Å². The molecule has 1 heterocycles. The van der Waals surface area contributed by atoms with E-state index in [-0.39, 0.29) is 11.1 Å². The van der Waals surface area contributed by atoms with Crippen LogP contribution in [0.1, 0.15) is 53.5 Å². The predicted molar refractivity (Wildman–Crippen MR) is 138 cm³/mol. The summed E-state index contributed by atoms with van der Waals surface area (Å²) >= 11 is 0. The molecule has 0 bridgehead atoms. The van der Waals surface area contributed by atoms with Crippen LogP contribution >= 0.6 is 0 Å². The van der Waals surface area contributed by atoms with Crippen molar-refractivity contribution in [3.63, 3.8) is 0 Å². The van der Waals surface area contributed by atoms with Gasteiger partial charge in [0.15, 0.2) is 0 Å². The molecule has 1 atom stereocenters. The van der Waals surface area contributed by atoms with Gasteiger partial charge in [-0.25, -0.2) is 13.8 Å². The van der Waals surface area contributed by atoms with Crippen LogP contribution in [-0.2, 0) is 4.79 Å². The number of rotatable bonds is 7. The highest BCUT2D eigenvalue weighted by molar-refractivity contribution is 6.00. The molecule has 0 radical (unpaired) electrons. The highest BCUT2D eigenvalue weighted by Crippen LogP contribution is 2.45. The number of nitrogens with one attached hydrogen (secondary N) is 1. The zero-order valence-corrected chi connectivity index (χ0v) is 21.0. The molecular formula is C29H33F2N3O. The quantitative estimate of drug-likeness (QED) is 0.332. The Hall–Kier alpha value is -3.54. The van der Waals surface area contributed by atoms with Crippen molar-refractivity contribution in [1.29, 1.82) is 0 Å². The summed E-state index contributed by atoms with van der Waals surface area (Å²) in [5, 5.41) is 2.36. The van der Waals surface area contributed by atoms with Gasteiger partial charge in [0.2, 0.25) is 5.91 Å². The van der Waals surface area contributed by atoms with E-state index in [2.05, 4.69) is 47.8 Å². The van der Waals surface area contributed by atoms with E-state index >= 15 is 0 Å². The van der Waals surface area contributed by atoms with E-state index in [0.29, 0.717) is 11.6 Å². The molecule has 4 nitrogen and oxygen atoms in total. The summed E-state index contributed by atoms with van der Waals surface area (Å²) in [5.74, 6) is -1.82. The van der Waals surface area contributed by atoms with Crippen LogP contribution in [0, 0.1) is 17.0 Å². The van der Waals surface area contributed by atoms with Crippen LogP contribution in [0.4, 0.5) is 14.5 Å². The van der Waals surface area contributed by atoms with Crippen molar-refractivity contribution in [3.05, 3.63) is 107 Å². The topological polar surface area (TPSA) is 46.9 Å². The van der Waals surface area contributed by atoms with Gasteiger partial charge in [-0.05, 0) is 67.9 Å². The molecule has 0 saturated heterocycles. The molecule has 2 aromatic rings. The molecule has 6 heteroatoms. The van der Waals surface area contributed by atoms with Gasteiger partial charge in [0, 0.05) is 24.5 Å². The highest BCUT2D eigenvalue weighted by atomic mass is 19.1. The molecule has 1 aromatic carbocycles. The lowest BCUT2D eigenvalue weighted by Crippen LogP contribution is -2.25. The number of hydrogen-bond acceptors (Lipinski definition) is 2. The number of anilines is 1. The Kier molecular flexibility index (Phi) is 8.39. The first kappa shape index (κ1) is 26.1. The molecule has 1 N–H and O–H groups in total. The van der Waals surface area contributed by atoms with Crippen molar-refractivity contribution in [2.24, 2.45) is 5.41 Å². The Balaban J connectivity index is 1.67. The number of allylic oxidation sites excluding steroid dienone is 9. The number of amides is 1. The fourth-order valence-corrected chi connectivity index (χ4v) is 4.38. The van der Waals surface area contributed by atoms with Crippen molar-refractivity contribution < 1.29 is 13.6 Å². The van der Waals surface area contributed by atoms with E-state index in [0.717, 1.165) is 36.6 Å². The maximum atomic E-state index is 13.7. The van der Waals surface area contributed by atoms with Crippen LogP contribution in [0.25, 0.3) is 0 Å². The number of aromatic nitrogens is 2. The minimum atomic E-state index is -0.686. The molecule has 0 fully saturated rings. The third kappa shape index (κ3) is 6.98. The minimum absolute atomic E-state index is 0.0988. The maximum absolute atomic E-state index is 13.7. The lowest BCUT2D eigenvalue weighted by molar-refractivity contribution is -0.112. The van der Waals surface area contributed by atoms with Crippen molar-refractivity contribution in [2.45, 2.75) is 53.5 Å². The summed E-state index contributed by atoms with van der Waals surface area (Å²) in [7, 11) is 0. The minimum Gasteiger partial charge on any atom is -0.330 e. The van der Waals surface area contributed by atoms with Gasteiger partial charge in [0.05, 0.1) is 18.1 Å². The van der Waals surface area contributed by atoms with Gasteiger partial charge in [0.25, 0.3) is 0 Å². The van der Waals surface area contributed by atoms with Gasteiger partial charge < -0.3 is 9.88 Å². The lowest BCUT2D eigenvalue weighted by atomic mass is 9.71. The van der Waals surface area contributed by atoms with Gasteiger partial charge in [-0.1, -0.05) is 49.8 Å². The van der Waals surface area contributed by atoms with E-state index < -0.39 is 17.5 Å². The Labute approximate surface area is 206 Å². The highest BCUT2D eigenvalue weighted by Gasteiger charge is 2.32. The summed E-state index contributed by atoms with van der Waals surface area (Å²) in [6, 6.07) is 3.26. The van der Waals surface area contributed by atoms with Crippen LogP contribution in [0.2, 0.25) is 0 Å². The first-order valence-electron chi connectivity index (χ1n) is 11.7. The molecule has 35 heavy (non-hydrogen) atoms. The first-order chi connectivity index (χ1) is 16.6. The molecular weight excluding hydrogens is 444 g/mol. The molecule has 1 aromatic heterocycles. The zero-order chi connectivity index (χ0) is 25.6.